The van der Waals surface area contributed by atoms with Gasteiger partial charge < -0.3 is 4.90 Å². The van der Waals surface area contributed by atoms with Crippen molar-refractivity contribution in [2.45, 2.75) is 25.3 Å². The van der Waals surface area contributed by atoms with Crippen LogP contribution in [0.25, 0.3) is 0 Å². The summed E-state index contributed by atoms with van der Waals surface area (Å²) in [4.78, 5) is 14.4. The second-order valence-electron chi connectivity index (χ2n) is 5.42. The summed E-state index contributed by atoms with van der Waals surface area (Å²) in [6, 6.07) is 16.7. The molecule has 0 bridgehead atoms. The highest BCUT2D eigenvalue weighted by molar-refractivity contribution is 5.79. The minimum Gasteiger partial charge on any atom is -0.335 e. The van der Waals surface area contributed by atoms with Crippen LogP contribution >= 0.6 is 0 Å². The van der Waals surface area contributed by atoms with E-state index in [1.807, 2.05) is 23.1 Å². The van der Waals surface area contributed by atoms with Gasteiger partial charge in [-0.3, -0.25) is 4.79 Å². The van der Waals surface area contributed by atoms with Crippen molar-refractivity contribution >= 4 is 5.91 Å². The number of benzene rings is 2. The van der Waals surface area contributed by atoms with Crippen LogP contribution < -0.4 is 0 Å². The van der Waals surface area contributed by atoms with Crippen LogP contribution in [-0.4, -0.2) is 17.4 Å². The highest BCUT2D eigenvalue weighted by atomic mass is 19.1. The van der Waals surface area contributed by atoms with Gasteiger partial charge in [0.1, 0.15) is 5.82 Å². The van der Waals surface area contributed by atoms with Gasteiger partial charge in [-0.2, -0.15) is 0 Å². The molecule has 1 fully saturated rings. The Balaban J connectivity index is 1.76. The van der Waals surface area contributed by atoms with Crippen molar-refractivity contribution < 1.29 is 9.18 Å². The summed E-state index contributed by atoms with van der Waals surface area (Å²) < 4.78 is 13.7. The van der Waals surface area contributed by atoms with Gasteiger partial charge in [0.05, 0.1) is 12.5 Å². The highest BCUT2D eigenvalue weighted by Crippen LogP contribution is 2.32. The molecule has 108 valence electrons. The molecule has 1 heterocycles. The van der Waals surface area contributed by atoms with Crippen LogP contribution in [0.4, 0.5) is 4.39 Å². The average molecular weight is 283 g/mol. The first-order valence-electron chi connectivity index (χ1n) is 7.33. The molecular formula is C18H18FNO. The summed E-state index contributed by atoms with van der Waals surface area (Å²) in [5.74, 6) is -0.298. The van der Waals surface area contributed by atoms with E-state index in [1.165, 1.54) is 6.07 Å². The van der Waals surface area contributed by atoms with Gasteiger partial charge in [-0.25, -0.2) is 4.39 Å². The average Bonchev–Trinajstić information content (AvgIpc) is 3.00. The lowest BCUT2D eigenvalue weighted by molar-refractivity contribution is -0.131. The summed E-state index contributed by atoms with van der Waals surface area (Å²) in [6.07, 6.45) is 2.12. The Bertz CT molecular complexity index is 626. The minimum absolute atomic E-state index is 0.00598. The number of amides is 1. The van der Waals surface area contributed by atoms with Crippen LogP contribution in [0.1, 0.15) is 30.0 Å². The molecule has 1 amide bonds. The van der Waals surface area contributed by atoms with E-state index in [9.17, 15) is 9.18 Å². The smallest absolute Gasteiger partial charge is 0.227 e. The van der Waals surface area contributed by atoms with Crippen molar-refractivity contribution in [3.05, 3.63) is 71.5 Å². The second kappa shape index (κ2) is 6.08. The standard InChI is InChI=1S/C18H18FNO/c19-16-10-5-4-9-15(16)13-18(21)20-12-6-11-17(20)14-7-2-1-3-8-14/h1-5,7-10,17H,6,11-13H2. The number of carbonyl (C=O) groups is 1. The Morgan fingerprint density at radius 3 is 2.57 bits per heavy atom. The zero-order valence-corrected chi connectivity index (χ0v) is 11.8. The predicted molar refractivity (Wildman–Crippen MR) is 80.2 cm³/mol. The number of rotatable bonds is 3. The van der Waals surface area contributed by atoms with Crippen LogP contribution in [0, 0.1) is 5.82 Å². The fourth-order valence-electron chi connectivity index (χ4n) is 2.99. The molecule has 21 heavy (non-hydrogen) atoms. The predicted octanol–water partition coefficient (Wildman–Crippen LogP) is 3.73. The van der Waals surface area contributed by atoms with Crippen molar-refractivity contribution in [1.29, 1.82) is 0 Å². The highest BCUT2D eigenvalue weighted by Gasteiger charge is 2.29. The molecule has 3 heteroatoms. The van der Waals surface area contributed by atoms with E-state index < -0.39 is 0 Å². The molecule has 0 saturated carbocycles. The van der Waals surface area contributed by atoms with Gasteiger partial charge in [-0.05, 0) is 30.0 Å². The molecule has 2 aromatic rings. The van der Waals surface area contributed by atoms with Crippen LogP contribution in [0.3, 0.4) is 0 Å². The molecule has 0 radical (unpaired) electrons. The van der Waals surface area contributed by atoms with Crippen molar-refractivity contribution in [3.8, 4) is 0 Å². The molecule has 1 saturated heterocycles. The first-order chi connectivity index (χ1) is 10.3. The number of carbonyl (C=O) groups excluding carboxylic acids is 1. The number of hydrogen-bond acceptors (Lipinski definition) is 1. The lowest BCUT2D eigenvalue weighted by Gasteiger charge is -2.25. The first kappa shape index (κ1) is 13.8. The van der Waals surface area contributed by atoms with E-state index >= 15 is 0 Å². The van der Waals surface area contributed by atoms with E-state index in [-0.39, 0.29) is 24.2 Å². The lowest BCUT2D eigenvalue weighted by Crippen LogP contribution is -2.32. The molecule has 0 aliphatic carbocycles. The van der Waals surface area contributed by atoms with Crippen molar-refractivity contribution in [1.82, 2.24) is 4.90 Å². The fraction of sp³-hybridized carbons (Fsp3) is 0.278. The number of halogens is 1. The number of hydrogen-bond donors (Lipinski definition) is 0. The molecule has 0 aromatic heterocycles. The molecule has 0 N–H and O–H groups in total. The maximum Gasteiger partial charge on any atom is 0.227 e. The summed E-state index contributed by atoms with van der Waals surface area (Å²) in [6.45, 7) is 0.757. The Morgan fingerprint density at radius 2 is 1.81 bits per heavy atom. The molecule has 1 aliphatic heterocycles. The van der Waals surface area contributed by atoms with Crippen LogP contribution in [-0.2, 0) is 11.2 Å². The van der Waals surface area contributed by atoms with Crippen molar-refractivity contribution in [3.63, 3.8) is 0 Å². The fourth-order valence-corrected chi connectivity index (χ4v) is 2.99. The molecule has 2 aromatic carbocycles. The molecule has 1 unspecified atom stereocenters. The SMILES string of the molecule is O=C(Cc1ccccc1F)N1CCCC1c1ccccc1. The molecular weight excluding hydrogens is 265 g/mol. The maximum absolute atomic E-state index is 13.7. The second-order valence-corrected chi connectivity index (χ2v) is 5.42. The van der Waals surface area contributed by atoms with Crippen LogP contribution in [0.15, 0.2) is 54.6 Å². The van der Waals surface area contributed by atoms with E-state index in [1.54, 1.807) is 18.2 Å². The Labute approximate surface area is 124 Å². The largest absolute Gasteiger partial charge is 0.335 e. The third-order valence-corrected chi connectivity index (χ3v) is 4.06. The zero-order valence-electron chi connectivity index (χ0n) is 11.8. The molecule has 3 rings (SSSR count). The van der Waals surface area contributed by atoms with Gasteiger partial charge >= 0.3 is 0 Å². The molecule has 1 atom stereocenters. The third kappa shape index (κ3) is 2.97. The van der Waals surface area contributed by atoms with E-state index in [0.29, 0.717) is 5.56 Å². The number of nitrogens with zero attached hydrogens (tertiary/aromatic N) is 1. The monoisotopic (exact) mass is 283 g/mol. The summed E-state index contributed by atoms with van der Waals surface area (Å²) >= 11 is 0. The minimum atomic E-state index is -0.304. The van der Waals surface area contributed by atoms with Gasteiger partial charge in [0, 0.05) is 6.54 Å². The topological polar surface area (TPSA) is 20.3 Å². The summed E-state index contributed by atoms with van der Waals surface area (Å²) in [7, 11) is 0. The van der Waals surface area contributed by atoms with Crippen LogP contribution in [0.5, 0.6) is 0 Å². The van der Waals surface area contributed by atoms with Crippen molar-refractivity contribution in [2.75, 3.05) is 6.54 Å². The van der Waals surface area contributed by atoms with Gasteiger partial charge in [0.2, 0.25) is 5.91 Å². The Kier molecular flexibility index (Phi) is 4.00. The quantitative estimate of drug-likeness (QED) is 0.840. The van der Waals surface area contributed by atoms with E-state index in [0.717, 1.165) is 24.9 Å². The van der Waals surface area contributed by atoms with E-state index in [4.69, 9.17) is 0 Å². The molecule has 1 aliphatic rings. The van der Waals surface area contributed by atoms with Crippen LogP contribution in [0.2, 0.25) is 0 Å². The first-order valence-corrected chi connectivity index (χ1v) is 7.33. The van der Waals surface area contributed by atoms with E-state index in [2.05, 4.69) is 12.1 Å². The third-order valence-electron chi connectivity index (χ3n) is 4.06. The normalized spacial score (nSPS) is 18.0. The molecule has 2 nitrogen and oxygen atoms in total. The lowest BCUT2D eigenvalue weighted by atomic mass is 10.0. The maximum atomic E-state index is 13.7. The Hall–Kier alpha value is -2.16. The van der Waals surface area contributed by atoms with Gasteiger partial charge in [0.25, 0.3) is 0 Å². The Morgan fingerprint density at radius 1 is 1.10 bits per heavy atom. The zero-order chi connectivity index (χ0) is 14.7. The van der Waals surface area contributed by atoms with Crippen molar-refractivity contribution in [2.24, 2.45) is 0 Å². The molecule has 0 spiro atoms. The van der Waals surface area contributed by atoms with Gasteiger partial charge in [-0.15, -0.1) is 0 Å². The summed E-state index contributed by atoms with van der Waals surface area (Å²) in [5.41, 5.74) is 1.64. The van der Waals surface area contributed by atoms with Gasteiger partial charge in [-0.1, -0.05) is 48.5 Å². The summed E-state index contributed by atoms with van der Waals surface area (Å²) in [5, 5.41) is 0. The number of likely N-dealkylation sites (tertiary alicyclic amines) is 1. The van der Waals surface area contributed by atoms with Gasteiger partial charge in [0.15, 0.2) is 0 Å².